The van der Waals surface area contributed by atoms with Crippen molar-refractivity contribution in [1.82, 2.24) is 4.90 Å². The minimum atomic E-state index is -3.56. The molecule has 1 N–H and O–H groups in total. The fourth-order valence-electron chi connectivity index (χ4n) is 5.76. The quantitative estimate of drug-likeness (QED) is 0.261. The summed E-state index contributed by atoms with van der Waals surface area (Å²) in [7, 11) is -1.42. The highest BCUT2D eigenvalue weighted by atomic mass is 32.2. The number of ether oxygens (including phenoxy) is 3. The number of nitrogens with one attached hydrogen (secondary N) is 1. The number of carbonyl (C=O) groups excluding carboxylic acids is 1. The van der Waals surface area contributed by atoms with Crippen molar-refractivity contribution >= 4 is 33.4 Å². The number of sulfonamides is 1. The molecule has 1 fully saturated rings. The van der Waals surface area contributed by atoms with E-state index in [0.29, 0.717) is 48.4 Å². The van der Waals surface area contributed by atoms with Gasteiger partial charge in [-0.25, -0.2) is 8.42 Å². The second-order valence-electron chi connectivity index (χ2n) is 11.5. The zero-order valence-electron chi connectivity index (χ0n) is 26.3. The van der Waals surface area contributed by atoms with Crippen LogP contribution in [0.25, 0.3) is 17.2 Å². The number of anilines is 2. The van der Waals surface area contributed by atoms with Gasteiger partial charge >= 0.3 is 0 Å². The maximum atomic E-state index is 13.5. The highest BCUT2D eigenvalue weighted by Crippen LogP contribution is 2.34. The number of benzene rings is 3. The van der Waals surface area contributed by atoms with Crippen molar-refractivity contribution in [2.75, 3.05) is 62.5 Å². The van der Waals surface area contributed by atoms with Crippen LogP contribution in [0, 0.1) is 0 Å². The van der Waals surface area contributed by atoms with Crippen molar-refractivity contribution in [3.63, 3.8) is 0 Å². The summed E-state index contributed by atoms with van der Waals surface area (Å²) in [4.78, 5) is 15.8. The molecule has 3 aromatic rings. The molecule has 0 aliphatic carbocycles. The van der Waals surface area contributed by atoms with E-state index in [1.54, 1.807) is 0 Å². The van der Waals surface area contributed by atoms with Crippen molar-refractivity contribution in [2.45, 2.75) is 38.8 Å². The second kappa shape index (κ2) is 15.1. The van der Waals surface area contributed by atoms with Crippen molar-refractivity contribution in [3.05, 3.63) is 83.4 Å². The Morgan fingerprint density at radius 1 is 1.00 bits per heavy atom. The van der Waals surface area contributed by atoms with Gasteiger partial charge in [-0.15, -0.1) is 0 Å². The van der Waals surface area contributed by atoms with E-state index in [2.05, 4.69) is 17.3 Å². The maximum Gasteiger partial charge on any atom is 0.251 e. The molecule has 9 nitrogen and oxygen atoms in total. The molecule has 0 bridgehead atoms. The molecular formula is C35H43N3O6S. The molecule has 2 heterocycles. The smallest absolute Gasteiger partial charge is 0.251 e. The molecule has 0 spiro atoms. The van der Waals surface area contributed by atoms with Crippen LogP contribution in [-0.4, -0.2) is 78.1 Å². The Labute approximate surface area is 266 Å². The molecule has 2 aliphatic rings. The van der Waals surface area contributed by atoms with E-state index < -0.39 is 10.0 Å². The molecule has 240 valence electrons. The second-order valence-corrected chi connectivity index (χ2v) is 13.4. The third-order valence-corrected chi connectivity index (χ3v) is 9.43. The molecule has 1 amide bonds. The fraction of sp³-hybridized carbons (Fsp3) is 0.400. The van der Waals surface area contributed by atoms with Gasteiger partial charge in [-0.05, 0) is 98.0 Å². The number of nitrogens with zero attached hydrogens (tertiary/aromatic N) is 2. The molecule has 45 heavy (non-hydrogen) atoms. The summed E-state index contributed by atoms with van der Waals surface area (Å²) in [5.74, 6) is 0.497. The van der Waals surface area contributed by atoms with Gasteiger partial charge in [0.25, 0.3) is 5.91 Å². The minimum absolute atomic E-state index is 0.176. The summed E-state index contributed by atoms with van der Waals surface area (Å²) < 4.78 is 43.5. The lowest BCUT2D eigenvalue weighted by atomic mass is 10.0. The van der Waals surface area contributed by atoms with Crippen LogP contribution >= 0.6 is 0 Å². The Hall–Kier alpha value is -3.70. The van der Waals surface area contributed by atoms with Crippen LogP contribution in [0.5, 0.6) is 5.75 Å². The minimum Gasteiger partial charge on any atom is -0.491 e. The maximum absolute atomic E-state index is 13.5. The Bertz CT molecular complexity index is 1580. The molecular weight excluding hydrogens is 590 g/mol. The molecule has 0 radical (unpaired) electrons. The Kier molecular flexibility index (Phi) is 10.9. The monoisotopic (exact) mass is 633 g/mol. The van der Waals surface area contributed by atoms with Gasteiger partial charge in [-0.1, -0.05) is 30.3 Å². The van der Waals surface area contributed by atoms with Crippen LogP contribution in [-0.2, 0) is 30.8 Å². The molecule has 0 aromatic heterocycles. The number of rotatable bonds is 12. The van der Waals surface area contributed by atoms with Gasteiger partial charge in [0, 0.05) is 50.2 Å². The van der Waals surface area contributed by atoms with E-state index in [1.807, 2.05) is 79.7 Å². The number of hydrogen-bond donors (Lipinski definition) is 1. The predicted octanol–water partition coefficient (Wildman–Crippen LogP) is 5.57. The topological polar surface area (TPSA) is 97.4 Å². The molecule has 10 heteroatoms. The molecule has 0 saturated carbocycles. The van der Waals surface area contributed by atoms with Crippen molar-refractivity contribution in [2.24, 2.45) is 0 Å². The molecule has 0 unspecified atom stereocenters. The van der Waals surface area contributed by atoms with Crippen LogP contribution in [0.2, 0.25) is 0 Å². The lowest BCUT2D eigenvalue weighted by Gasteiger charge is -2.31. The van der Waals surface area contributed by atoms with Crippen molar-refractivity contribution < 1.29 is 27.4 Å². The van der Waals surface area contributed by atoms with Gasteiger partial charge in [0.2, 0.25) is 10.0 Å². The van der Waals surface area contributed by atoms with E-state index in [-0.39, 0.29) is 18.9 Å². The highest BCUT2D eigenvalue weighted by Gasteiger charge is 2.25. The van der Waals surface area contributed by atoms with Crippen LogP contribution in [0.3, 0.4) is 0 Å². The third-order valence-electron chi connectivity index (χ3n) is 8.25. The van der Waals surface area contributed by atoms with Gasteiger partial charge in [-0.3, -0.25) is 14.0 Å². The van der Waals surface area contributed by atoms with E-state index in [0.717, 1.165) is 49.5 Å². The van der Waals surface area contributed by atoms with E-state index >= 15 is 0 Å². The standard InChI is InChI=1S/C35H43N3O6S/c1-4-42-21-22-44-33-12-7-27(8-13-33)28-9-14-34-30(23-28)24-29(15-18-38(34)45(3,40)41)35(39)36-31-10-5-26(6-11-31)25-37(2)32-16-19-43-20-17-32/h5-14,23-24,32H,4,15-22,25H2,1-3H3,(H,36,39). The first-order valence-electron chi connectivity index (χ1n) is 15.5. The summed E-state index contributed by atoms with van der Waals surface area (Å²) in [6, 6.07) is 21.8. The average molecular weight is 634 g/mol. The largest absolute Gasteiger partial charge is 0.491 e. The normalized spacial score (nSPS) is 15.7. The van der Waals surface area contributed by atoms with Crippen LogP contribution < -0.4 is 14.4 Å². The number of amides is 1. The van der Waals surface area contributed by atoms with Crippen LogP contribution in [0.1, 0.15) is 37.3 Å². The first kappa shape index (κ1) is 32.7. The molecule has 3 aromatic carbocycles. The average Bonchev–Trinajstić information content (AvgIpc) is 3.24. The van der Waals surface area contributed by atoms with Gasteiger partial charge in [0.15, 0.2) is 0 Å². The Morgan fingerprint density at radius 2 is 1.71 bits per heavy atom. The SMILES string of the molecule is CCOCCOc1ccc(-c2ccc3c(c2)C=C(C(=O)Nc2ccc(CN(C)C4CCOCC4)cc2)CCN3S(C)(=O)=O)cc1. The molecule has 1 saturated heterocycles. The van der Waals surface area contributed by atoms with Gasteiger partial charge in [0.1, 0.15) is 12.4 Å². The van der Waals surface area contributed by atoms with E-state index in [9.17, 15) is 13.2 Å². The molecule has 0 atom stereocenters. The van der Waals surface area contributed by atoms with Crippen LogP contribution in [0.4, 0.5) is 11.4 Å². The lowest BCUT2D eigenvalue weighted by molar-refractivity contribution is -0.112. The van der Waals surface area contributed by atoms with E-state index in [1.165, 1.54) is 16.1 Å². The van der Waals surface area contributed by atoms with Gasteiger partial charge in [-0.2, -0.15) is 0 Å². The number of fused-ring (bicyclic) bond motifs is 1. The van der Waals surface area contributed by atoms with Gasteiger partial charge in [0.05, 0.1) is 18.6 Å². The predicted molar refractivity (Wildman–Crippen MR) is 179 cm³/mol. The fourth-order valence-corrected chi connectivity index (χ4v) is 6.70. The summed E-state index contributed by atoms with van der Waals surface area (Å²) in [6.07, 6.45) is 5.36. The Morgan fingerprint density at radius 3 is 2.40 bits per heavy atom. The number of carbonyl (C=O) groups is 1. The Balaban J connectivity index is 1.31. The lowest BCUT2D eigenvalue weighted by Crippen LogP contribution is -2.36. The zero-order valence-corrected chi connectivity index (χ0v) is 27.1. The van der Waals surface area contributed by atoms with Gasteiger partial charge < -0.3 is 19.5 Å². The third kappa shape index (κ3) is 8.73. The number of hydrogen-bond acceptors (Lipinski definition) is 7. The summed E-state index contributed by atoms with van der Waals surface area (Å²) in [6.45, 7) is 6.22. The molecule has 2 aliphatic heterocycles. The van der Waals surface area contributed by atoms with Crippen molar-refractivity contribution in [1.29, 1.82) is 0 Å². The first-order valence-corrected chi connectivity index (χ1v) is 17.4. The summed E-state index contributed by atoms with van der Waals surface area (Å²) >= 11 is 0. The van der Waals surface area contributed by atoms with E-state index in [4.69, 9.17) is 14.2 Å². The highest BCUT2D eigenvalue weighted by molar-refractivity contribution is 7.92. The first-order chi connectivity index (χ1) is 21.7. The molecule has 5 rings (SSSR count). The van der Waals surface area contributed by atoms with Crippen LogP contribution in [0.15, 0.2) is 72.3 Å². The summed E-state index contributed by atoms with van der Waals surface area (Å²) in [5, 5.41) is 3.02. The summed E-state index contributed by atoms with van der Waals surface area (Å²) in [5.41, 5.74) is 5.46. The zero-order chi connectivity index (χ0) is 31.8. The van der Waals surface area contributed by atoms with Crippen molar-refractivity contribution in [3.8, 4) is 16.9 Å².